The maximum Gasteiger partial charge on any atom is 0.221 e. The largest absolute Gasteiger partial charge is 0.354 e. The molecule has 1 aromatic heterocycles. The van der Waals surface area contributed by atoms with Crippen LogP contribution >= 0.6 is 0 Å². The van der Waals surface area contributed by atoms with Gasteiger partial charge in [-0.05, 0) is 31.4 Å². The minimum atomic E-state index is -0.138. The Labute approximate surface area is 151 Å². The molecule has 3 rings (SSSR count). The topological polar surface area (TPSA) is 110 Å². The lowest BCUT2D eigenvalue weighted by Gasteiger charge is -2.28. The number of rotatable bonds is 4. The first-order valence-corrected chi connectivity index (χ1v) is 8.73. The third kappa shape index (κ3) is 4.59. The van der Waals surface area contributed by atoms with Gasteiger partial charge in [0.2, 0.25) is 17.6 Å². The summed E-state index contributed by atoms with van der Waals surface area (Å²) in [5.41, 5.74) is 1.41. The van der Waals surface area contributed by atoms with E-state index in [9.17, 15) is 9.59 Å². The summed E-state index contributed by atoms with van der Waals surface area (Å²) in [7, 11) is 0. The van der Waals surface area contributed by atoms with Crippen LogP contribution in [0.3, 0.4) is 0 Å². The number of anilines is 1. The van der Waals surface area contributed by atoms with Gasteiger partial charge in [0.15, 0.2) is 5.82 Å². The van der Waals surface area contributed by atoms with E-state index in [2.05, 4.69) is 31.0 Å². The van der Waals surface area contributed by atoms with Gasteiger partial charge in [-0.1, -0.05) is 18.6 Å². The van der Waals surface area contributed by atoms with E-state index in [0.717, 1.165) is 31.2 Å². The molecule has 1 aliphatic carbocycles. The molecule has 0 bridgehead atoms. The fourth-order valence-corrected chi connectivity index (χ4v) is 3.30. The van der Waals surface area contributed by atoms with Crippen molar-refractivity contribution in [3.63, 3.8) is 0 Å². The molecule has 2 atom stereocenters. The molecule has 0 spiro atoms. The second-order valence-corrected chi connectivity index (χ2v) is 6.60. The van der Waals surface area contributed by atoms with Gasteiger partial charge >= 0.3 is 0 Å². The Morgan fingerprint density at radius 2 is 1.81 bits per heavy atom. The zero-order valence-corrected chi connectivity index (χ0v) is 14.9. The number of hydrogen-bond acceptors (Lipinski definition) is 6. The number of carbonyl (C=O) groups is 2. The van der Waals surface area contributed by atoms with Crippen LogP contribution in [-0.4, -0.2) is 38.3 Å². The van der Waals surface area contributed by atoms with Crippen molar-refractivity contribution in [2.24, 2.45) is 0 Å². The first-order chi connectivity index (χ1) is 12.5. The maximum absolute atomic E-state index is 11.3. The summed E-state index contributed by atoms with van der Waals surface area (Å²) >= 11 is 0. The Morgan fingerprint density at radius 3 is 2.50 bits per heavy atom. The highest BCUT2D eigenvalue weighted by Gasteiger charge is 2.26. The first kappa shape index (κ1) is 17.9. The molecule has 0 saturated heterocycles. The lowest BCUT2D eigenvalue weighted by Crippen LogP contribution is -2.36. The lowest BCUT2D eigenvalue weighted by atomic mass is 9.85. The minimum Gasteiger partial charge on any atom is -0.354 e. The second kappa shape index (κ2) is 7.99. The van der Waals surface area contributed by atoms with Gasteiger partial charge in [0.05, 0.1) is 0 Å². The number of aromatic nitrogens is 4. The van der Waals surface area contributed by atoms with E-state index in [1.807, 2.05) is 12.1 Å². The predicted molar refractivity (Wildman–Crippen MR) is 96.2 cm³/mol. The normalized spacial score (nSPS) is 19.6. The van der Waals surface area contributed by atoms with E-state index in [1.54, 1.807) is 12.1 Å². The third-order valence-corrected chi connectivity index (χ3v) is 4.38. The van der Waals surface area contributed by atoms with Crippen molar-refractivity contribution < 1.29 is 9.59 Å². The fraction of sp³-hybridized carbons (Fsp3) is 0.444. The van der Waals surface area contributed by atoms with Crippen molar-refractivity contribution in [2.75, 3.05) is 5.32 Å². The molecule has 1 heterocycles. The van der Waals surface area contributed by atoms with Crippen LogP contribution < -0.4 is 10.6 Å². The summed E-state index contributed by atoms with van der Waals surface area (Å²) in [5.74, 6) is 1.03. The second-order valence-electron chi connectivity index (χ2n) is 6.60. The molecule has 1 aliphatic rings. The van der Waals surface area contributed by atoms with Gasteiger partial charge in [0, 0.05) is 37.1 Å². The number of nitrogens with one attached hydrogen (secondary N) is 2. The predicted octanol–water partition coefficient (Wildman–Crippen LogP) is 2.05. The Bertz CT molecular complexity index is 793. The molecule has 2 amide bonds. The molecular weight excluding hydrogens is 332 g/mol. The molecule has 136 valence electrons. The highest BCUT2D eigenvalue weighted by molar-refractivity contribution is 5.89. The zero-order chi connectivity index (χ0) is 18.5. The molecule has 1 aromatic carbocycles. The number of benzene rings is 1. The van der Waals surface area contributed by atoms with Crippen LogP contribution in [0.5, 0.6) is 0 Å². The molecule has 2 aromatic rings. The number of carbonyl (C=O) groups excluding carboxylic acids is 2. The van der Waals surface area contributed by atoms with E-state index in [4.69, 9.17) is 0 Å². The van der Waals surface area contributed by atoms with E-state index in [-0.39, 0.29) is 23.8 Å². The molecule has 2 N–H and O–H groups in total. The quantitative estimate of drug-likeness (QED) is 0.869. The van der Waals surface area contributed by atoms with Crippen LogP contribution in [0.15, 0.2) is 24.3 Å². The standard InChI is InChI=1S/C18H22N6O2/c1-11(25)19-15-7-3-5-13(9-15)17-21-23-18(24-22-17)14-6-4-8-16(10-14)20-12(2)26/h3,5,7,9,14,16H,4,6,8,10H2,1-2H3,(H,19,25)(H,20,26)/t14-,16-/m0/s1. The molecule has 0 radical (unpaired) electrons. The summed E-state index contributed by atoms with van der Waals surface area (Å²) in [6.45, 7) is 2.99. The van der Waals surface area contributed by atoms with Crippen molar-refractivity contribution >= 4 is 17.5 Å². The van der Waals surface area contributed by atoms with Gasteiger partial charge in [0.1, 0.15) is 0 Å². The molecule has 0 aliphatic heterocycles. The SMILES string of the molecule is CC(=O)Nc1cccc(-c2nnc([C@H]3CCC[C@H](NC(C)=O)C3)nn2)c1. The number of hydrogen-bond donors (Lipinski definition) is 2. The smallest absolute Gasteiger partial charge is 0.221 e. The van der Waals surface area contributed by atoms with Gasteiger partial charge < -0.3 is 10.6 Å². The van der Waals surface area contributed by atoms with Crippen LogP contribution in [0.2, 0.25) is 0 Å². The summed E-state index contributed by atoms with van der Waals surface area (Å²) in [5, 5.41) is 22.6. The molecule has 0 unspecified atom stereocenters. The molecular formula is C18H22N6O2. The molecule has 1 fully saturated rings. The average molecular weight is 354 g/mol. The van der Waals surface area contributed by atoms with Gasteiger partial charge in [-0.25, -0.2) is 0 Å². The highest BCUT2D eigenvalue weighted by atomic mass is 16.2. The van der Waals surface area contributed by atoms with Gasteiger partial charge in [-0.3, -0.25) is 9.59 Å². The van der Waals surface area contributed by atoms with Crippen LogP contribution in [0.4, 0.5) is 5.69 Å². The van der Waals surface area contributed by atoms with E-state index >= 15 is 0 Å². The van der Waals surface area contributed by atoms with Crippen molar-refractivity contribution in [2.45, 2.75) is 51.5 Å². The van der Waals surface area contributed by atoms with Crippen LogP contribution in [0, 0.1) is 0 Å². The molecule has 8 heteroatoms. The maximum atomic E-state index is 11.3. The molecule has 8 nitrogen and oxygen atoms in total. The Hall–Kier alpha value is -2.90. The Morgan fingerprint density at radius 1 is 1.04 bits per heavy atom. The first-order valence-electron chi connectivity index (χ1n) is 8.73. The lowest BCUT2D eigenvalue weighted by molar-refractivity contribution is -0.120. The van der Waals surface area contributed by atoms with Gasteiger partial charge in [-0.2, -0.15) is 0 Å². The van der Waals surface area contributed by atoms with Gasteiger partial charge in [0.25, 0.3) is 0 Å². The summed E-state index contributed by atoms with van der Waals surface area (Å²) in [6, 6.07) is 7.40. The van der Waals surface area contributed by atoms with Crippen LogP contribution in [0.25, 0.3) is 11.4 Å². The Balaban J connectivity index is 1.72. The van der Waals surface area contributed by atoms with Crippen molar-refractivity contribution in [3.8, 4) is 11.4 Å². The Kier molecular flexibility index (Phi) is 5.50. The zero-order valence-electron chi connectivity index (χ0n) is 14.9. The molecule has 26 heavy (non-hydrogen) atoms. The van der Waals surface area contributed by atoms with Crippen LogP contribution in [-0.2, 0) is 9.59 Å². The summed E-state index contributed by atoms with van der Waals surface area (Å²) in [4.78, 5) is 22.4. The van der Waals surface area contributed by atoms with E-state index < -0.39 is 0 Å². The summed E-state index contributed by atoms with van der Waals surface area (Å²) in [6.07, 6.45) is 3.77. The van der Waals surface area contributed by atoms with Crippen molar-refractivity contribution in [1.82, 2.24) is 25.7 Å². The van der Waals surface area contributed by atoms with E-state index in [0.29, 0.717) is 17.3 Å². The monoisotopic (exact) mass is 354 g/mol. The van der Waals surface area contributed by atoms with Gasteiger partial charge in [-0.15, -0.1) is 20.4 Å². The fourth-order valence-electron chi connectivity index (χ4n) is 3.30. The van der Waals surface area contributed by atoms with Crippen molar-refractivity contribution in [3.05, 3.63) is 30.1 Å². The third-order valence-electron chi connectivity index (χ3n) is 4.38. The van der Waals surface area contributed by atoms with E-state index in [1.165, 1.54) is 13.8 Å². The summed E-state index contributed by atoms with van der Waals surface area (Å²) < 4.78 is 0. The highest BCUT2D eigenvalue weighted by Crippen LogP contribution is 2.30. The number of nitrogens with zero attached hydrogens (tertiary/aromatic N) is 4. The van der Waals surface area contributed by atoms with Crippen LogP contribution in [0.1, 0.15) is 51.3 Å². The van der Waals surface area contributed by atoms with Crippen molar-refractivity contribution in [1.29, 1.82) is 0 Å². The minimum absolute atomic E-state index is 0.0118. The average Bonchev–Trinajstić information content (AvgIpc) is 2.61. The molecule has 1 saturated carbocycles. The number of amides is 2.